The molecular formula is C24H27N5O2S. The molecule has 0 N–H and O–H groups in total. The van der Waals surface area contributed by atoms with Crippen molar-refractivity contribution in [2.45, 2.75) is 45.8 Å². The minimum Gasteiger partial charge on any atom is -0.497 e. The summed E-state index contributed by atoms with van der Waals surface area (Å²) >= 11 is 1.40. The van der Waals surface area contributed by atoms with Gasteiger partial charge in [0.2, 0.25) is 0 Å². The second kappa shape index (κ2) is 9.16. The van der Waals surface area contributed by atoms with Gasteiger partial charge in [-0.2, -0.15) is 0 Å². The van der Waals surface area contributed by atoms with E-state index in [2.05, 4.69) is 31.9 Å². The van der Waals surface area contributed by atoms with Gasteiger partial charge in [0.25, 0.3) is 5.78 Å². The molecule has 0 bridgehead atoms. The van der Waals surface area contributed by atoms with Crippen LogP contribution in [0.3, 0.4) is 0 Å². The molecule has 8 heteroatoms. The van der Waals surface area contributed by atoms with Crippen molar-refractivity contribution >= 4 is 23.3 Å². The van der Waals surface area contributed by atoms with E-state index in [0.717, 1.165) is 47.1 Å². The van der Waals surface area contributed by atoms with E-state index in [1.165, 1.54) is 17.3 Å². The smallest absolute Gasteiger partial charge is 0.256 e. The lowest BCUT2D eigenvalue weighted by atomic mass is 10.1. The molecule has 0 aliphatic heterocycles. The first kappa shape index (κ1) is 22.1. The fraction of sp³-hybridized carbons (Fsp3) is 0.333. The van der Waals surface area contributed by atoms with E-state index in [4.69, 9.17) is 4.74 Å². The fourth-order valence-electron chi connectivity index (χ4n) is 3.96. The zero-order valence-corrected chi connectivity index (χ0v) is 19.9. The number of benzene rings is 1. The maximum atomic E-state index is 13.0. The van der Waals surface area contributed by atoms with Crippen molar-refractivity contribution < 1.29 is 9.53 Å². The molecule has 0 aliphatic rings. The molecule has 7 nitrogen and oxygen atoms in total. The van der Waals surface area contributed by atoms with E-state index in [0.29, 0.717) is 16.7 Å². The molecule has 3 aromatic heterocycles. The Kier molecular flexibility index (Phi) is 6.32. The number of carbonyl (C=O) groups excluding carboxylic acids is 1. The van der Waals surface area contributed by atoms with Gasteiger partial charge in [-0.05, 0) is 63.9 Å². The van der Waals surface area contributed by atoms with Gasteiger partial charge in [0.1, 0.15) is 5.75 Å². The second-order valence-corrected chi connectivity index (χ2v) is 8.85. The topological polar surface area (TPSA) is 74.3 Å². The number of aryl methyl sites for hydroxylation is 4. The SMILES string of the molecule is COc1ccc(CCn2c(C)cc(C(=O)CSc3nnc4nc(C)cc(C)n34)c2C)cc1. The maximum Gasteiger partial charge on any atom is 0.256 e. The third kappa shape index (κ3) is 4.41. The summed E-state index contributed by atoms with van der Waals surface area (Å²) in [5.41, 5.74) is 6.00. The van der Waals surface area contributed by atoms with Crippen molar-refractivity contribution in [2.24, 2.45) is 0 Å². The van der Waals surface area contributed by atoms with Crippen LogP contribution >= 0.6 is 11.8 Å². The number of carbonyl (C=O) groups is 1. The van der Waals surface area contributed by atoms with Gasteiger partial charge >= 0.3 is 0 Å². The molecule has 0 unspecified atom stereocenters. The molecule has 4 aromatic rings. The number of ether oxygens (including phenoxy) is 1. The summed E-state index contributed by atoms with van der Waals surface area (Å²) in [6.07, 6.45) is 0.889. The predicted octanol–water partition coefficient (Wildman–Crippen LogP) is 4.39. The molecule has 0 atom stereocenters. The first-order valence-electron chi connectivity index (χ1n) is 10.5. The molecule has 166 valence electrons. The van der Waals surface area contributed by atoms with Crippen LogP contribution in [0.4, 0.5) is 0 Å². The highest BCUT2D eigenvalue weighted by Gasteiger charge is 2.18. The molecule has 32 heavy (non-hydrogen) atoms. The summed E-state index contributed by atoms with van der Waals surface area (Å²) in [5, 5.41) is 9.07. The number of methoxy groups -OCH3 is 1. The summed E-state index contributed by atoms with van der Waals surface area (Å²) in [6, 6.07) is 12.1. The quantitative estimate of drug-likeness (QED) is 0.293. The monoisotopic (exact) mass is 449 g/mol. The molecule has 0 aliphatic carbocycles. The van der Waals surface area contributed by atoms with E-state index in [1.807, 2.05) is 56.4 Å². The number of thioether (sulfide) groups is 1. The van der Waals surface area contributed by atoms with Gasteiger partial charge < -0.3 is 9.30 Å². The summed E-state index contributed by atoms with van der Waals surface area (Å²) in [6.45, 7) is 8.82. The van der Waals surface area contributed by atoms with Crippen molar-refractivity contribution in [2.75, 3.05) is 12.9 Å². The van der Waals surface area contributed by atoms with Crippen molar-refractivity contribution in [3.63, 3.8) is 0 Å². The van der Waals surface area contributed by atoms with E-state index in [-0.39, 0.29) is 5.78 Å². The van der Waals surface area contributed by atoms with Crippen LogP contribution in [0.5, 0.6) is 5.75 Å². The van der Waals surface area contributed by atoms with Crippen molar-refractivity contribution in [1.29, 1.82) is 0 Å². The van der Waals surface area contributed by atoms with Crippen LogP contribution < -0.4 is 4.74 Å². The number of rotatable bonds is 8. The normalized spacial score (nSPS) is 11.3. The van der Waals surface area contributed by atoms with E-state index < -0.39 is 0 Å². The highest BCUT2D eigenvalue weighted by atomic mass is 32.2. The van der Waals surface area contributed by atoms with Crippen LogP contribution in [0.2, 0.25) is 0 Å². The Balaban J connectivity index is 1.45. The lowest BCUT2D eigenvalue weighted by Crippen LogP contribution is -2.08. The minimum atomic E-state index is 0.0910. The predicted molar refractivity (Wildman–Crippen MR) is 126 cm³/mol. The van der Waals surface area contributed by atoms with Crippen LogP contribution in [0.15, 0.2) is 41.6 Å². The third-order valence-electron chi connectivity index (χ3n) is 5.65. The molecule has 0 fully saturated rings. The Bertz CT molecular complexity index is 1270. The largest absolute Gasteiger partial charge is 0.497 e. The Morgan fingerprint density at radius 1 is 1.03 bits per heavy atom. The summed E-state index contributed by atoms with van der Waals surface area (Å²) < 4.78 is 9.33. The average molecular weight is 450 g/mol. The van der Waals surface area contributed by atoms with Crippen LogP contribution in [0.25, 0.3) is 5.78 Å². The summed E-state index contributed by atoms with van der Waals surface area (Å²) in [7, 11) is 1.67. The summed E-state index contributed by atoms with van der Waals surface area (Å²) in [4.78, 5) is 17.4. The van der Waals surface area contributed by atoms with Crippen molar-refractivity contribution in [3.8, 4) is 5.75 Å². The Morgan fingerprint density at radius 3 is 2.50 bits per heavy atom. The molecular weight excluding hydrogens is 422 g/mol. The van der Waals surface area contributed by atoms with Crippen LogP contribution in [0.1, 0.15) is 38.7 Å². The average Bonchev–Trinajstić information content (AvgIpc) is 3.31. The zero-order chi connectivity index (χ0) is 22.8. The first-order valence-corrected chi connectivity index (χ1v) is 11.5. The molecule has 3 heterocycles. The highest BCUT2D eigenvalue weighted by Crippen LogP contribution is 2.23. The summed E-state index contributed by atoms with van der Waals surface area (Å²) in [5.74, 6) is 1.81. The van der Waals surface area contributed by atoms with Crippen molar-refractivity contribution in [3.05, 3.63) is 70.3 Å². The van der Waals surface area contributed by atoms with Gasteiger partial charge in [-0.25, -0.2) is 4.98 Å². The van der Waals surface area contributed by atoms with Gasteiger partial charge in [0.15, 0.2) is 10.9 Å². The Morgan fingerprint density at radius 2 is 1.78 bits per heavy atom. The lowest BCUT2D eigenvalue weighted by Gasteiger charge is -2.10. The zero-order valence-electron chi connectivity index (χ0n) is 19.0. The molecule has 4 rings (SSSR count). The van der Waals surface area contributed by atoms with Crippen LogP contribution in [-0.4, -0.2) is 42.8 Å². The van der Waals surface area contributed by atoms with Crippen molar-refractivity contribution in [1.82, 2.24) is 24.1 Å². The van der Waals surface area contributed by atoms with Gasteiger partial charge in [-0.3, -0.25) is 9.20 Å². The van der Waals surface area contributed by atoms with Gasteiger partial charge in [-0.1, -0.05) is 23.9 Å². The third-order valence-corrected chi connectivity index (χ3v) is 6.58. The van der Waals surface area contributed by atoms with E-state index >= 15 is 0 Å². The molecule has 1 aromatic carbocycles. The molecule has 0 spiro atoms. The van der Waals surface area contributed by atoms with Gasteiger partial charge in [-0.15, -0.1) is 10.2 Å². The first-order chi connectivity index (χ1) is 15.4. The van der Waals surface area contributed by atoms with Crippen LogP contribution in [0, 0.1) is 27.7 Å². The maximum absolute atomic E-state index is 13.0. The molecule has 0 saturated heterocycles. The number of nitrogens with zero attached hydrogens (tertiary/aromatic N) is 5. The molecule has 0 radical (unpaired) electrons. The van der Waals surface area contributed by atoms with Gasteiger partial charge in [0.05, 0.1) is 12.9 Å². The number of ketones is 1. The Labute approximate surface area is 191 Å². The van der Waals surface area contributed by atoms with E-state index in [1.54, 1.807) is 7.11 Å². The minimum absolute atomic E-state index is 0.0910. The molecule has 0 saturated carbocycles. The fourth-order valence-corrected chi connectivity index (χ4v) is 4.83. The number of fused-ring (bicyclic) bond motifs is 1. The number of Topliss-reactive ketones (excluding diaryl/α,β-unsaturated/α-hetero) is 1. The number of hydrogen-bond acceptors (Lipinski definition) is 6. The lowest BCUT2D eigenvalue weighted by molar-refractivity contribution is 0.102. The highest BCUT2D eigenvalue weighted by molar-refractivity contribution is 7.99. The van der Waals surface area contributed by atoms with E-state index in [9.17, 15) is 4.79 Å². The Hall–Kier alpha value is -3.13. The van der Waals surface area contributed by atoms with Gasteiger partial charge in [0, 0.05) is 34.9 Å². The number of aromatic nitrogens is 5. The van der Waals surface area contributed by atoms with Crippen LogP contribution in [-0.2, 0) is 13.0 Å². The number of hydrogen-bond donors (Lipinski definition) is 0. The molecule has 0 amide bonds. The second-order valence-electron chi connectivity index (χ2n) is 7.90. The standard InChI is InChI=1S/C24H27N5O2S/c1-15-12-17(3)29-23(25-15)26-27-24(29)32-14-22(30)21-13-16(2)28(18(21)4)11-10-19-6-8-20(31-5)9-7-19/h6-9,12-13H,10-11,14H2,1-5H3.